The van der Waals surface area contributed by atoms with E-state index in [4.69, 9.17) is 0 Å². The average molecular weight is 481 g/mol. The van der Waals surface area contributed by atoms with Crippen LogP contribution in [0.25, 0.3) is 0 Å². The Kier molecular flexibility index (Phi) is 6.48. The van der Waals surface area contributed by atoms with Crippen molar-refractivity contribution in [3.05, 3.63) is 18.2 Å². The first-order chi connectivity index (χ1) is 15.2. The molecule has 10 heteroatoms. The van der Waals surface area contributed by atoms with Crippen LogP contribution in [0.3, 0.4) is 0 Å². The van der Waals surface area contributed by atoms with E-state index in [9.17, 15) is 18.0 Å². The van der Waals surface area contributed by atoms with Gasteiger partial charge in [0.1, 0.15) is 6.04 Å². The van der Waals surface area contributed by atoms with Gasteiger partial charge in [0.2, 0.25) is 21.8 Å². The summed E-state index contributed by atoms with van der Waals surface area (Å²) < 4.78 is 27.6. The van der Waals surface area contributed by atoms with Gasteiger partial charge in [0, 0.05) is 38.4 Å². The Hall–Kier alpha value is -1.78. The normalized spacial score (nSPS) is 25.6. The maximum atomic E-state index is 13.3. The molecule has 3 aliphatic rings. The maximum absolute atomic E-state index is 13.3. The predicted molar refractivity (Wildman–Crippen MR) is 127 cm³/mol. The van der Waals surface area contributed by atoms with Crippen molar-refractivity contribution >= 4 is 45.0 Å². The Balaban J connectivity index is 1.66. The molecule has 32 heavy (non-hydrogen) atoms. The minimum Gasteiger partial charge on any atom is -0.370 e. The number of carbonyl (C=O) groups excluding carboxylic acids is 2. The van der Waals surface area contributed by atoms with Crippen molar-refractivity contribution in [2.75, 3.05) is 42.1 Å². The summed E-state index contributed by atoms with van der Waals surface area (Å²) >= 11 is 1.64. The molecule has 1 aromatic rings. The Bertz CT molecular complexity index is 1010. The monoisotopic (exact) mass is 480 g/mol. The van der Waals surface area contributed by atoms with Crippen molar-refractivity contribution in [2.24, 2.45) is 0 Å². The van der Waals surface area contributed by atoms with Crippen molar-refractivity contribution in [3.63, 3.8) is 0 Å². The number of nitrogens with one attached hydrogen (secondary N) is 1. The number of anilines is 2. The number of amides is 2. The predicted octanol–water partition coefficient (Wildman–Crippen LogP) is 2.71. The molecular weight excluding hydrogens is 448 g/mol. The van der Waals surface area contributed by atoms with Crippen LogP contribution in [0.15, 0.2) is 23.1 Å². The topological polar surface area (TPSA) is 90.0 Å². The van der Waals surface area contributed by atoms with E-state index in [-0.39, 0.29) is 21.6 Å². The average Bonchev–Trinajstić information content (AvgIpc) is 3.47. The SMILES string of the molecule is CCN(CC)S(=O)(=O)c1ccc(N2CCCC2)c(NC(=O)[C@@H]2CS[C@@]3(C)CCC(=O)N23)c1. The number of carbonyl (C=O) groups is 2. The molecule has 3 aliphatic heterocycles. The Labute approximate surface area is 194 Å². The third-order valence-electron chi connectivity index (χ3n) is 6.76. The largest absolute Gasteiger partial charge is 0.370 e. The van der Waals surface area contributed by atoms with Gasteiger partial charge in [-0.05, 0) is 44.4 Å². The molecular formula is C22H32N4O4S2. The first-order valence-electron chi connectivity index (χ1n) is 11.4. The van der Waals surface area contributed by atoms with Gasteiger partial charge in [-0.2, -0.15) is 4.31 Å². The number of thioether (sulfide) groups is 1. The summed E-state index contributed by atoms with van der Waals surface area (Å²) in [6.45, 7) is 8.13. The third kappa shape index (κ3) is 4.01. The van der Waals surface area contributed by atoms with E-state index in [0.717, 1.165) is 38.0 Å². The molecule has 0 bridgehead atoms. The number of benzene rings is 1. The minimum atomic E-state index is -3.66. The second-order valence-corrected chi connectivity index (χ2v) is 12.2. The van der Waals surface area contributed by atoms with Crippen LogP contribution < -0.4 is 10.2 Å². The smallest absolute Gasteiger partial charge is 0.248 e. The quantitative estimate of drug-likeness (QED) is 0.645. The van der Waals surface area contributed by atoms with Crippen molar-refractivity contribution in [1.29, 1.82) is 0 Å². The summed E-state index contributed by atoms with van der Waals surface area (Å²) in [6, 6.07) is 4.45. The van der Waals surface area contributed by atoms with Gasteiger partial charge in [-0.15, -0.1) is 11.8 Å². The number of hydrogen-bond acceptors (Lipinski definition) is 6. The zero-order chi connectivity index (χ0) is 23.1. The van der Waals surface area contributed by atoms with Crippen LogP contribution in [0, 0.1) is 0 Å². The number of fused-ring (bicyclic) bond motifs is 1. The molecule has 0 spiro atoms. The van der Waals surface area contributed by atoms with Crippen LogP contribution in [0.5, 0.6) is 0 Å². The highest BCUT2D eigenvalue weighted by Gasteiger charge is 2.53. The summed E-state index contributed by atoms with van der Waals surface area (Å²) in [6.07, 6.45) is 3.33. The number of rotatable bonds is 7. The lowest BCUT2D eigenvalue weighted by atomic mass is 10.2. The standard InChI is InChI=1S/C22H32N4O4S2/c1-4-25(5-2)32(29,30)16-8-9-18(24-12-6-7-13-24)17(14-16)23-21(28)19-15-31-22(3)11-10-20(27)26(19)22/h8-9,14,19H,4-7,10-13,15H2,1-3H3,(H,23,28)/t19-,22-/m0/s1. The van der Waals surface area contributed by atoms with Crippen molar-refractivity contribution < 1.29 is 18.0 Å². The van der Waals surface area contributed by atoms with E-state index in [0.29, 0.717) is 31.0 Å². The van der Waals surface area contributed by atoms with Crippen molar-refractivity contribution in [3.8, 4) is 0 Å². The molecule has 0 saturated carbocycles. The molecule has 0 unspecified atom stereocenters. The van der Waals surface area contributed by atoms with Crippen LogP contribution >= 0.6 is 11.8 Å². The van der Waals surface area contributed by atoms with Crippen LogP contribution in [0.4, 0.5) is 11.4 Å². The number of hydrogen-bond donors (Lipinski definition) is 1. The van der Waals surface area contributed by atoms with E-state index in [1.54, 1.807) is 34.9 Å². The van der Waals surface area contributed by atoms with Crippen LogP contribution in [-0.4, -0.2) is 72.3 Å². The highest BCUT2D eigenvalue weighted by atomic mass is 32.2. The zero-order valence-electron chi connectivity index (χ0n) is 19.0. The summed E-state index contributed by atoms with van der Waals surface area (Å²) in [4.78, 5) is 29.5. The fourth-order valence-corrected chi connectivity index (χ4v) is 7.87. The molecule has 1 aromatic carbocycles. The van der Waals surface area contributed by atoms with Crippen LogP contribution in [-0.2, 0) is 19.6 Å². The second-order valence-electron chi connectivity index (χ2n) is 8.72. The molecule has 3 saturated heterocycles. The van der Waals surface area contributed by atoms with Gasteiger partial charge >= 0.3 is 0 Å². The van der Waals surface area contributed by atoms with Gasteiger partial charge in [0.25, 0.3) is 0 Å². The summed E-state index contributed by atoms with van der Waals surface area (Å²) in [5, 5.41) is 3.00. The van der Waals surface area contributed by atoms with Gasteiger partial charge in [0.05, 0.1) is 21.1 Å². The molecule has 0 radical (unpaired) electrons. The molecule has 2 amide bonds. The first kappa shape index (κ1) is 23.4. The Morgan fingerprint density at radius 1 is 1.25 bits per heavy atom. The summed E-state index contributed by atoms with van der Waals surface area (Å²) in [5.41, 5.74) is 1.32. The highest BCUT2D eigenvalue weighted by Crippen LogP contribution is 2.47. The second kappa shape index (κ2) is 8.87. The number of sulfonamides is 1. The minimum absolute atomic E-state index is 0.00952. The van der Waals surface area contributed by atoms with Gasteiger partial charge in [0.15, 0.2) is 0 Å². The van der Waals surface area contributed by atoms with Crippen molar-refractivity contribution in [1.82, 2.24) is 9.21 Å². The van der Waals surface area contributed by atoms with E-state index >= 15 is 0 Å². The van der Waals surface area contributed by atoms with Gasteiger partial charge in [-0.3, -0.25) is 9.59 Å². The zero-order valence-corrected chi connectivity index (χ0v) is 20.6. The van der Waals surface area contributed by atoms with Gasteiger partial charge in [-0.1, -0.05) is 13.8 Å². The summed E-state index contributed by atoms with van der Waals surface area (Å²) in [7, 11) is -3.66. The van der Waals surface area contributed by atoms with Gasteiger partial charge < -0.3 is 15.1 Å². The summed E-state index contributed by atoms with van der Waals surface area (Å²) in [5.74, 6) is 0.300. The van der Waals surface area contributed by atoms with Crippen LogP contribution in [0.2, 0.25) is 0 Å². The molecule has 4 rings (SSSR count). The van der Waals surface area contributed by atoms with E-state index < -0.39 is 16.1 Å². The molecule has 3 fully saturated rings. The lowest BCUT2D eigenvalue weighted by Gasteiger charge is -2.30. The Morgan fingerprint density at radius 3 is 2.59 bits per heavy atom. The maximum Gasteiger partial charge on any atom is 0.248 e. The molecule has 0 aromatic heterocycles. The van der Waals surface area contributed by atoms with Gasteiger partial charge in [-0.25, -0.2) is 8.42 Å². The highest BCUT2D eigenvalue weighted by molar-refractivity contribution is 8.01. The van der Waals surface area contributed by atoms with Crippen molar-refractivity contribution in [2.45, 2.75) is 62.3 Å². The Morgan fingerprint density at radius 2 is 1.94 bits per heavy atom. The lowest BCUT2D eigenvalue weighted by molar-refractivity contribution is -0.135. The molecule has 0 aliphatic carbocycles. The van der Waals surface area contributed by atoms with E-state index in [2.05, 4.69) is 10.2 Å². The first-order valence-corrected chi connectivity index (χ1v) is 13.8. The number of nitrogens with zero attached hydrogens (tertiary/aromatic N) is 3. The molecule has 3 heterocycles. The third-order valence-corrected chi connectivity index (χ3v) is 10.3. The van der Waals surface area contributed by atoms with E-state index in [1.807, 2.05) is 20.8 Å². The van der Waals surface area contributed by atoms with Crippen LogP contribution in [0.1, 0.15) is 46.5 Å². The lowest BCUT2D eigenvalue weighted by Crippen LogP contribution is -2.48. The van der Waals surface area contributed by atoms with E-state index in [1.165, 1.54) is 4.31 Å². The fraction of sp³-hybridized carbons (Fsp3) is 0.636. The molecule has 2 atom stereocenters. The fourth-order valence-electron chi connectivity index (χ4n) is 4.95. The molecule has 176 valence electrons. The molecule has 8 nitrogen and oxygen atoms in total. The molecule has 1 N–H and O–H groups in total.